The molecule has 0 aliphatic rings. The van der Waals surface area contributed by atoms with Crippen LogP contribution in [0.1, 0.15) is 36.5 Å². The van der Waals surface area contributed by atoms with Gasteiger partial charge in [0.05, 0.1) is 0 Å². The van der Waals surface area contributed by atoms with Crippen molar-refractivity contribution in [1.82, 2.24) is 0 Å². The molecule has 2 N–H and O–H groups in total. The normalized spacial score (nSPS) is 12.4. The summed E-state index contributed by atoms with van der Waals surface area (Å²) in [5.74, 6) is 0.418. The van der Waals surface area contributed by atoms with Crippen molar-refractivity contribution in [2.45, 2.75) is 26.2 Å². The minimum atomic E-state index is 0.418. The van der Waals surface area contributed by atoms with E-state index in [0.29, 0.717) is 5.92 Å². The van der Waals surface area contributed by atoms with E-state index >= 15 is 0 Å². The van der Waals surface area contributed by atoms with Crippen LogP contribution in [0.3, 0.4) is 0 Å². The van der Waals surface area contributed by atoms with Gasteiger partial charge >= 0.3 is 0 Å². The van der Waals surface area contributed by atoms with Gasteiger partial charge in [0.1, 0.15) is 0 Å². The van der Waals surface area contributed by atoms with Gasteiger partial charge in [-0.25, -0.2) is 0 Å². The maximum atomic E-state index is 5.70. The summed E-state index contributed by atoms with van der Waals surface area (Å²) in [6.07, 6.45) is 1.09. The highest BCUT2D eigenvalue weighted by Gasteiger charge is 2.07. The average molecular weight is 225 g/mol. The number of hydrogen-bond acceptors (Lipinski definition) is 1. The Hall–Kier alpha value is -1.76. The minimum absolute atomic E-state index is 0.418. The first-order valence-electron chi connectivity index (χ1n) is 6.15. The molecule has 0 heterocycles. The largest absolute Gasteiger partial charge is 0.399 e. The van der Waals surface area contributed by atoms with Crippen molar-refractivity contribution in [3.8, 4) is 0 Å². The van der Waals surface area contributed by atoms with Gasteiger partial charge in [0.25, 0.3) is 0 Å². The van der Waals surface area contributed by atoms with Gasteiger partial charge in [-0.15, -0.1) is 0 Å². The molecule has 1 unspecified atom stereocenters. The van der Waals surface area contributed by atoms with Crippen molar-refractivity contribution in [2.24, 2.45) is 0 Å². The molecule has 0 spiro atoms. The second-order valence-electron chi connectivity index (χ2n) is 4.48. The van der Waals surface area contributed by atoms with Crippen molar-refractivity contribution < 1.29 is 0 Å². The quantitative estimate of drug-likeness (QED) is 0.785. The van der Waals surface area contributed by atoms with E-state index in [1.165, 1.54) is 16.7 Å². The van der Waals surface area contributed by atoms with Gasteiger partial charge in [-0.1, -0.05) is 50.2 Å². The van der Waals surface area contributed by atoms with Crippen molar-refractivity contribution in [3.63, 3.8) is 0 Å². The van der Waals surface area contributed by atoms with E-state index in [-0.39, 0.29) is 0 Å². The maximum absolute atomic E-state index is 5.70. The number of rotatable bonds is 3. The van der Waals surface area contributed by atoms with E-state index in [4.69, 9.17) is 5.73 Å². The van der Waals surface area contributed by atoms with Crippen LogP contribution in [-0.2, 0) is 6.42 Å². The van der Waals surface area contributed by atoms with Gasteiger partial charge in [-0.3, -0.25) is 0 Å². The smallest absolute Gasteiger partial charge is 0.0314 e. The molecule has 0 amide bonds. The highest BCUT2D eigenvalue weighted by atomic mass is 14.5. The molecule has 2 aromatic carbocycles. The van der Waals surface area contributed by atoms with Crippen LogP contribution < -0.4 is 5.73 Å². The molecule has 0 aliphatic heterocycles. The maximum Gasteiger partial charge on any atom is 0.0314 e. The molecule has 1 nitrogen and oxygen atoms in total. The monoisotopic (exact) mass is 225 g/mol. The predicted octanol–water partition coefficient (Wildman–Crippen LogP) is 3.98. The Balaban J connectivity index is 2.23. The summed E-state index contributed by atoms with van der Waals surface area (Å²) >= 11 is 0. The Labute approximate surface area is 103 Å². The Morgan fingerprint density at radius 2 is 1.35 bits per heavy atom. The van der Waals surface area contributed by atoms with E-state index in [2.05, 4.69) is 50.2 Å². The summed E-state index contributed by atoms with van der Waals surface area (Å²) < 4.78 is 0. The molecule has 0 aromatic heterocycles. The second kappa shape index (κ2) is 5.05. The Kier molecular flexibility index (Phi) is 3.48. The molecule has 0 aliphatic carbocycles. The molecule has 0 saturated heterocycles. The van der Waals surface area contributed by atoms with Crippen LogP contribution in [-0.4, -0.2) is 0 Å². The van der Waals surface area contributed by atoms with Gasteiger partial charge in [-0.05, 0) is 35.2 Å². The van der Waals surface area contributed by atoms with E-state index in [1.807, 2.05) is 12.1 Å². The number of benzene rings is 2. The lowest BCUT2D eigenvalue weighted by molar-refractivity contribution is 0.920. The third-order valence-corrected chi connectivity index (χ3v) is 3.32. The highest BCUT2D eigenvalue weighted by Crippen LogP contribution is 2.24. The molecule has 2 rings (SSSR count). The first-order valence-corrected chi connectivity index (χ1v) is 6.15. The van der Waals surface area contributed by atoms with Crippen LogP contribution in [0.25, 0.3) is 0 Å². The number of nitrogen functional groups attached to an aromatic ring is 1. The zero-order valence-electron chi connectivity index (χ0n) is 10.5. The highest BCUT2D eigenvalue weighted by molar-refractivity contribution is 5.42. The summed E-state index contributed by atoms with van der Waals surface area (Å²) in [6, 6.07) is 17.0. The van der Waals surface area contributed by atoms with E-state index < -0.39 is 0 Å². The zero-order valence-corrected chi connectivity index (χ0v) is 10.5. The van der Waals surface area contributed by atoms with E-state index in [1.54, 1.807) is 0 Å². The van der Waals surface area contributed by atoms with Crippen LogP contribution in [0, 0.1) is 0 Å². The van der Waals surface area contributed by atoms with Gasteiger partial charge in [0.15, 0.2) is 0 Å². The fourth-order valence-electron chi connectivity index (χ4n) is 2.02. The second-order valence-corrected chi connectivity index (χ2v) is 4.48. The summed E-state index contributed by atoms with van der Waals surface area (Å²) in [4.78, 5) is 0. The molecular formula is C16H19N. The SMILES string of the molecule is CCc1ccc(C(C)c2ccc(N)cc2)cc1. The molecule has 17 heavy (non-hydrogen) atoms. The fourth-order valence-corrected chi connectivity index (χ4v) is 2.02. The summed E-state index contributed by atoms with van der Waals surface area (Å²) in [6.45, 7) is 4.41. The molecule has 1 heteroatoms. The molecule has 1 atom stereocenters. The van der Waals surface area contributed by atoms with Crippen LogP contribution in [0.5, 0.6) is 0 Å². The Morgan fingerprint density at radius 3 is 1.82 bits per heavy atom. The molecule has 0 bridgehead atoms. The number of anilines is 1. The van der Waals surface area contributed by atoms with E-state index in [0.717, 1.165) is 12.1 Å². The summed E-state index contributed by atoms with van der Waals surface area (Å²) in [5.41, 5.74) is 10.6. The average Bonchev–Trinajstić information content (AvgIpc) is 2.39. The number of aryl methyl sites for hydroxylation is 1. The summed E-state index contributed by atoms with van der Waals surface area (Å²) in [5, 5.41) is 0. The van der Waals surface area contributed by atoms with Crippen molar-refractivity contribution in [2.75, 3.05) is 5.73 Å². The summed E-state index contributed by atoms with van der Waals surface area (Å²) in [7, 11) is 0. The molecule has 0 saturated carbocycles. The predicted molar refractivity (Wildman–Crippen MR) is 74.2 cm³/mol. The molecular weight excluding hydrogens is 206 g/mol. The lowest BCUT2D eigenvalue weighted by atomic mass is 9.92. The molecule has 2 aromatic rings. The van der Waals surface area contributed by atoms with Crippen LogP contribution in [0.15, 0.2) is 48.5 Å². The van der Waals surface area contributed by atoms with Gasteiger partial charge in [-0.2, -0.15) is 0 Å². The standard InChI is InChI=1S/C16H19N/c1-3-13-4-6-14(7-5-13)12(2)15-8-10-16(17)11-9-15/h4-12H,3,17H2,1-2H3. The topological polar surface area (TPSA) is 26.0 Å². The van der Waals surface area contributed by atoms with Crippen molar-refractivity contribution in [1.29, 1.82) is 0 Å². The van der Waals surface area contributed by atoms with Crippen molar-refractivity contribution in [3.05, 3.63) is 65.2 Å². The van der Waals surface area contributed by atoms with Gasteiger partial charge in [0, 0.05) is 11.6 Å². The van der Waals surface area contributed by atoms with E-state index in [9.17, 15) is 0 Å². The first kappa shape index (κ1) is 11.7. The first-order chi connectivity index (χ1) is 8.20. The minimum Gasteiger partial charge on any atom is -0.399 e. The van der Waals surface area contributed by atoms with Crippen LogP contribution in [0.2, 0.25) is 0 Å². The van der Waals surface area contributed by atoms with Gasteiger partial charge < -0.3 is 5.73 Å². The lowest BCUT2D eigenvalue weighted by Crippen LogP contribution is -1.96. The fraction of sp³-hybridized carbons (Fsp3) is 0.250. The zero-order chi connectivity index (χ0) is 12.3. The Morgan fingerprint density at radius 1 is 0.882 bits per heavy atom. The number of nitrogens with two attached hydrogens (primary N) is 1. The molecule has 88 valence electrons. The lowest BCUT2D eigenvalue weighted by Gasteiger charge is -2.13. The molecule has 0 radical (unpaired) electrons. The number of hydrogen-bond donors (Lipinski definition) is 1. The van der Waals surface area contributed by atoms with Gasteiger partial charge in [0.2, 0.25) is 0 Å². The van der Waals surface area contributed by atoms with Crippen molar-refractivity contribution >= 4 is 5.69 Å². The Bertz CT molecular complexity index is 468. The van der Waals surface area contributed by atoms with Crippen LogP contribution >= 0.6 is 0 Å². The third-order valence-electron chi connectivity index (χ3n) is 3.32. The van der Waals surface area contributed by atoms with Crippen LogP contribution in [0.4, 0.5) is 5.69 Å². The third kappa shape index (κ3) is 2.68. The molecule has 0 fully saturated rings.